The zero-order valence-electron chi connectivity index (χ0n) is 12.3. The van der Waals surface area contributed by atoms with E-state index < -0.39 is 0 Å². The molecule has 1 aromatic rings. The summed E-state index contributed by atoms with van der Waals surface area (Å²) in [5.74, 6) is 1.70. The topological polar surface area (TPSA) is 18.5 Å². The molecule has 0 aromatic heterocycles. The summed E-state index contributed by atoms with van der Waals surface area (Å²) in [6.45, 7) is 5.82. The average Bonchev–Trinajstić information content (AvgIpc) is 2.37. The number of likely N-dealkylation sites (N-methyl/N-ethyl adjacent to an activating group) is 1. The second-order valence-electron chi connectivity index (χ2n) is 5.45. The van der Waals surface area contributed by atoms with E-state index in [1.165, 1.54) is 30.6 Å². The predicted octanol–water partition coefficient (Wildman–Crippen LogP) is -0.379. The Balaban J connectivity index is 0.00000180. The normalized spacial score (nSPS) is 21.3. The third-order valence-corrected chi connectivity index (χ3v) is 3.94. The number of hydrogen-bond donors (Lipinski definition) is 0. The number of hydrogen-bond acceptors (Lipinski definition) is 2. The molecule has 19 heavy (non-hydrogen) atoms. The summed E-state index contributed by atoms with van der Waals surface area (Å²) in [4.78, 5) is 0. The fourth-order valence-electron chi connectivity index (χ4n) is 2.95. The lowest BCUT2D eigenvalue weighted by molar-refractivity contribution is -0.924. The summed E-state index contributed by atoms with van der Waals surface area (Å²) in [6.07, 6.45) is 2.37. The maximum atomic E-state index is 5.40. The van der Waals surface area contributed by atoms with Crippen LogP contribution >= 0.6 is 0 Å². The van der Waals surface area contributed by atoms with E-state index in [9.17, 15) is 0 Å². The summed E-state index contributed by atoms with van der Waals surface area (Å²) in [7, 11) is 5.75. The van der Waals surface area contributed by atoms with Crippen LogP contribution in [0.5, 0.6) is 11.5 Å². The quantitative estimate of drug-likeness (QED) is 0.526. The van der Waals surface area contributed by atoms with Gasteiger partial charge < -0.3 is 37.9 Å². The Morgan fingerprint density at radius 1 is 1.11 bits per heavy atom. The molecule has 1 unspecified atom stereocenters. The Labute approximate surface area is 133 Å². The van der Waals surface area contributed by atoms with E-state index >= 15 is 0 Å². The fourth-order valence-corrected chi connectivity index (χ4v) is 2.95. The van der Waals surface area contributed by atoms with Crippen LogP contribution in [-0.4, -0.2) is 38.8 Å². The van der Waals surface area contributed by atoms with Crippen molar-refractivity contribution < 1.29 is 37.9 Å². The molecular formula is C15H24INO2. The molecule has 0 fully saturated rings. The molecule has 1 heterocycles. The van der Waals surface area contributed by atoms with Crippen LogP contribution < -0.4 is 33.5 Å². The van der Waals surface area contributed by atoms with Gasteiger partial charge in [-0.25, -0.2) is 0 Å². The first kappa shape index (κ1) is 16.6. The Morgan fingerprint density at radius 3 is 2.21 bits per heavy atom. The van der Waals surface area contributed by atoms with E-state index in [-0.39, 0.29) is 24.0 Å². The van der Waals surface area contributed by atoms with Gasteiger partial charge in [-0.1, -0.05) is 6.92 Å². The summed E-state index contributed by atoms with van der Waals surface area (Å²) in [5.41, 5.74) is 2.83. The van der Waals surface area contributed by atoms with Gasteiger partial charge >= 0.3 is 0 Å². The SMILES string of the molecule is CCC[N+]1(C)CCc2cc(OC)c(OC)cc2C1.[I-]. The molecule has 3 nitrogen and oxygen atoms in total. The number of halogens is 1. The summed E-state index contributed by atoms with van der Waals surface area (Å²) in [5, 5.41) is 0. The molecule has 0 N–H and O–H groups in total. The second kappa shape index (κ2) is 6.79. The lowest BCUT2D eigenvalue weighted by Gasteiger charge is -2.38. The van der Waals surface area contributed by atoms with Gasteiger partial charge in [-0.2, -0.15) is 0 Å². The molecule has 0 aliphatic carbocycles. The van der Waals surface area contributed by atoms with Crippen LogP contribution in [0.3, 0.4) is 0 Å². The molecule has 1 aliphatic heterocycles. The van der Waals surface area contributed by atoms with Crippen molar-refractivity contribution in [1.82, 2.24) is 0 Å². The van der Waals surface area contributed by atoms with Crippen LogP contribution in [0.4, 0.5) is 0 Å². The molecule has 4 heteroatoms. The lowest BCUT2D eigenvalue weighted by Crippen LogP contribution is -3.00. The molecule has 108 valence electrons. The summed E-state index contributed by atoms with van der Waals surface area (Å²) >= 11 is 0. The van der Waals surface area contributed by atoms with E-state index in [1.807, 2.05) is 0 Å². The molecule has 0 spiro atoms. The average molecular weight is 377 g/mol. The van der Waals surface area contributed by atoms with Crippen LogP contribution in [-0.2, 0) is 13.0 Å². The third kappa shape index (κ3) is 3.54. The molecule has 0 saturated heterocycles. The van der Waals surface area contributed by atoms with Crippen LogP contribution in [0, 0.1) is 0 Å². The number of quaternary nitrogens is 1. The van der Waals surface area contributed by atoms with E-state index in [2.05, 4.69) is 26.1 Å². The number of rotatable bonds is 4. The van der Waals surface area contributed by atoms with Crippen LogP contribution in [0.1, 0.15) is 24.5 Å². The first-order chi connectivity index (χ1) is 8.61. The van der Waals surface area contributed by atoms with Crippen molar-refractivity contribution in [3.63, 3.8) is 0 Å². The molecule has 1 aromatic carbocycles. The Kier molecular flexibility index (Phi) is 5.92. The fraction of sp³-hybridized carbons (Fsp3) is 0.600. The van der Waals surface area contributed by atoms with Crippen molar-refractivity contribution in [3.8, 4) is 11.5 Å². The van der Waals surface area contributed by atoms with Gasteiger partial charge in [-0.05, 0) is 24.1 Å². The number of methoxy groups -OCH3 is 2. The minimum Gasteiger partial charge on any atom is -1.00 e. The third-order valence-electron chi connectivity index (χ3n) is 3.94. The van der Waals surface area contributed by atoms with E-state index in [4.69, 9.17) is 9.47 Å². The lowest BCUT2D eigenvalue weighted by atomic mass is 9.97. The highest BCUT2D eigenvalue weighted by Crippen LogP contribution is 2.34. The smallest absolute Gasteiger partial charge is 0.161 e. The van der Waals surface area contributed by atoms with E-state index in [1.54, 1.807) is 14.2 Å². The van der Waals surface area contributed by atoms with E-state index in [0.717, 1.165) is 28.9 Å². The van der Waals surface area contributed by atoms with Crippen LogP contribution in [0.25, 0.3) is 0 Å². The zero-order valence-corrected chi connectivity index (χ0v) is 14.5. The van der Waals surface area contributed by atoms with Gasteiger partial charge in [0, 0.05) is 12.0 Å². The van der Waals surface area contributed by atoms with Crippen molar-refractivity contribution in [1.29, 1.82) is 0 Å². The van der Waals surface area contributed by atoms with Crippen molar-refractivity contribution in [2.45, 2.75) is 26.3 Å². The zero-order chi connectivity index (χ0) is 13.2. The Bertz CT molecular complexity index is 436. The van der Waals surface area contributed by atoms with Gasteiger partial charge in [0.1, 0.15) is 6.54 Å². The Hall–Kier alpha value is -0.490. The van der Waals surface area contributed by atoms with Gasteiger partial charge in [-0.3, -0.25) is 0 Å². The van der Waals surface area contributed by atoms with Crippen molar-refractivity contribution in [2.24, 2.45) is 0 Å². The van der Waals surface area contributed by atoms with Gasteiger partial charge in [0.15, 0.2) is 11.5 Å². The first-order valence-corrected chi connectivity index (χ1v) is 6.69. The van der Waals surface area contributed by atoms with Crippen molar-refractivity contribution in [2.75, 3.05) is 34.4 Å². The van der Waals surface area contributed by atoms with Gasteiger partial charge in [0.2, 0.25) is 0 Å². The molecule has 0 amide bonds. The minimum absolute atomic E-state index is 0. The Morgan fingerprint density at radius 2 is 1.68 bits per heavy atom. The standard InChI is InChI=1S/C15H24NO2.HI/c1-5-7-16(2)8-6-12-9-14(17-3)15(18-4)10-13(12)11-16;/h9-10H,5-8,11H2,1-4H3;1H/q+1;/p-1. The van der Waals surface area contributed by atoms with Gasteiger partial charge in [0.05, 0.1) is 34.4 Å². The molecule has 0 bridgehead atoms. The second-order valence-corrected chi connectivity index (χ2v) is 5.45. The molecule has 0 radical (unpaired) electrons. The molecule has 2 rings (SSSR count). The molecule has 1 aliphatic rings. The van der Waals surface area contributed by atoms with E-state index in [0.29, 0.717) is 0 Å². The monoisotopic (exact) mass is 377 g/mol. The van der Waals surface area contributed by atoms with Crippen molar-refractivity contribution in [3.05, 3.63) is 23.3 Å². The number of fused-ring (bicyclic) bond motifs is 1. The largest absolute Gasteiger partial charge is 1.00 e. The van der Waals surface area contributed by atoms with Gasteiger partial charge in [-0.15, -0.1) is 0 Å². The maximum Gasteiger partial charge on any atom is 0.161 e. The predicted molar refractivity (Wildman–Crippen MR) is 73.2 cm³/mol. The highest BCUT2D eigenvalue weighted by Gasteiger charge is 2.28. The van der Waals surface area contributed by atoms with Crippen molar-refractivity contribution >= 4 is 0 Å². The summed E-state index contributed by atoms with van der Waals surface area (Å²) in [6, 6.07) is 4.29. The maximum absolute atomic E-state index is 5.40. The molecular weight excluding hydrogens is 353 g/mol. The minimum atomic E-state index is 0. The number of ether oxygens (including phenoxy) is 2. The number of benzene rings is 1. The summed E-state index contributed by atoms with van der Waals surface area (Å²) < 4.78 is 11.9. The van der Waals surface area contributed by atoms with Gasteiger partial charge in [0.25, 0.3) is 0 Å². The van der Waals surface area contributed by atoms with Crippen LogP contribution in [0.15, 0.2) is 12.1 Å². The number of nitrogens with zero attached hydrogens (tertiary/aromatic N) is 1. The first-order valence-electron chi connectivity index (χ1n) is 6.69. The molecule has 0 saturated carbocycles. The highest BCUT2D eigenvalue weighted by molar-refractivity contribution is 5.47. The highest BCUT2D eigenvalue weighted by atomic mass is 127. The molecule has 1 atom stereocenters. The van der Waals surface area contributed by atoms with Crippen LogP contribution in [0.2, 0.25) is 0 Å².